The average molecular weight is 342 g/mol. The smallest absolute Gasteiger partial charge is 0.203 e. The minimum absolute atomic E-state index is 0.0885. The molecule has 0 N–H and O–H groups in total. The maximum absolute atomic E-state index is 12.4. The van der Waals surface area contributed by atoms with Crippen LogP contribution in [-0.4, -0.2) is 12.9 Å². The Morgan fingerprint density at radius 2 is 1.95 bits per heavy atom. The van der Waals surface area contributed by atoms with Crippen molar-refractivity contribution in [2.45, 2.75) is 0 Å². The molecule has 0 saturated heterocycles. The molecule has 0 aliphatic heterocycles. The van der Waals surface area contributed by atoms with Crippen LogP contribution in [0, 0.1) is 11.3 Å². The quantitative estimate of drug-likeness (QED) is 0.474. The standard InChI is InChI=1S/C17H12BrNO2/c1-21-16-4-2-3-13(10-16)17(20)14(11-19)9-12-5-7-15(18)8-6-12/h2-10H,1H3/b14-9+. The molecule has 0 spiro atoms. The zero-order chi connectivity index (χ0) is 15.2. The molecule has 0 unspecified atom stereocenters. The van der Waals surface area contributed by atoms with Gasteiger partial charge in [-0.15, -0.1) is 0 Å². The third kappa shape index (κ3) is 3.80. The molecule has 2 aromatic carbocycles. The molecule has 0 heterocycles. The van der Waals surface area contributed by atoms with Crippen LogP contribution in [0.1, 0.15) is 15.9 Å². The molecule has 3 nitrogen and oxygen atoms in total. The van der Waals surface area contributed by atoms with Crippen LogP contribution in [0.15, 0.2) is 58.6 Å². The Bertz CT molecular complexity index is 727. The van der Waals surface area contributed by atoms with Gasteiger partial charge in [0.1, 0.15) is 17.4 Å². The second-order valence-electron chi connectivity index (χ2n) is 4.28. The second-order valence-corrected chi connectivity index (χ2v) is 5.20. The number of ketones is 1. The molecule has 0 radical (unpaired) electrons. The molecule has 2 rings (SSSR count). The van der Waals surface area contributed by atoms with Crippen LogP contribution < -0.4 is 4.74 Å². The Balaban J connectivity index is 2.34. The van der Waals surface area contributed by atoms with E-state index in [4.69, 9.17) is 4.74 Å². The zero-order valence-corrected chi connectivity index (χ0v) is 12.9. The van der Waals surface area contributed by atoms with Crippen molar-refractivity contribution in [1.82, 2.24) is 0 Å². The number of nitriles is 1. The molecule has 104 valence electrons. The normalized spacial score (nSPS) is 10.8. The van der Waals surface area contributed by atoms with Gasteiger partial charge in [-0.05, 0) is 35.9 Å². The van der Waals surface area contributed by atoms with Gasteiger partial charge in [-0.2, -0.15) is 5.26 Å². The molecule has 0 aliphatic rings. The topological polar surface area (TPSA) is 50.1 Å². The fourth-order valence-corrected chi connectivity index (χ4v) is 2.06. The number of halogens is 1. The molecule has 0 atom stereocenters. The van der Waals surface area contributed by atoms with E-state index in [2.05, 4.69) is 15.9 Å². The summed E-state index contributed by atoms with van der Waals surface area (Å²) in [4.78, 5) is 12.4. The Morgan fingerprint density at radius 3 is 2.57 bits per heavy atom. The van der Waals surface area contributed by atoms with Crippen LogP contribution in [0.25, 0.3) is 6.08 Å². The highest BCUT2D eigenvalue weighted by Gasteiger charge is 2.12. The first-order chi connectivity index (χ1) is 10.1. The van der Waals surface area contributed by atoms with Crippen molar-refractivity contribution in [2.24, 2.45) is 0 Å². The summed E-state index contributed by atoms with van der Waals surface area (Å²) in [5, 5.41) is 9.22. The molecular formula is C17H12BrNO2. The van der Waals surface area contributed by atoms with Crippen molar-refractivity contribution in [2.75, 3.05) is 7.11 Å². The fraction of sp³-hybridized carbons (Fsp3) is 0.0588. The van der Waals surface area contributed by atoms with Crippen molar-refractivity contribution >= 4 is 27.8 Å². The number of allylic oxidation sites excluding steroid dienone is 1. The molecule has 0 saturated carbocycles. The fourth-order valence-electron chi connectivity index (χ4n) is 1.79. The molecule has 0 amide bonds. The SMILES string of the molecule is COc1cccc(C(=O)/C(C#N)=C/c2ccc(Br)cc2)c1. The number of benzene rings is 2. The lowest BCUT2D eigenvalue weighted by atomic mass is 10.0. The van der Waals surface area contributed by atoms with E-state index in [-0.39, 0.29) is 11.4 Å². The highest BCUT2D eigenvalue weighted by Crippen LogP contribution is 2.18. The van der Waals surface area contributed by atoms with Gasteiger partial charge in [0.25, 0.3) is 0 Å². The number of carbonyl (C=O) groups excluding carboxylic acids is 1. The summed E-state index contributed by atoms with van der Waals surface area (Å²) in [7, 11) is 1.53. The summed E-state index contributed by atoms with van der Waals surface area (Å²) < 4.78 is 6.03. The van der Waals surface area contributed by atoms with Crippen LogP contribution in [0.5, 0.6) is 5.75 Å². The van der Waals surface area contributed by atoms with E-state index in [1.165, 1.54) is 7.11 Å². The molecule has 0 fully saturated rings. The zero-order valence-electron chi connectivity index (χ0n) is 11.3. The Hall–Kier alpha value is -2.38. The van der Waals surface area contributed by atoms with Gasteiger partial charge in [-0.3, -0.25) is 4.79 Å². The number of ether oxygens (including phenoxy) is 1. The van der Waals surface area contributed by atoms with Gasteiger partial charge in [0.15, 0.2) is 0 Å². The van der Waals surface area contributed by atoms with Crippen molar-refractivity contribution in [3.8, 4) is 11.8 Å². The second kappa shape index (κ2) is 6.87. The largest absolute Gasteiger partial charge is 0.497 e. The molecule has 0 aliphatic carbocycles. The van der Waals surface area contributed by atoms with Gasteiger partial charge in [0.05, 0.1) is 7.11 Å². The number of hydrogen-bond acceptors (Lipinski definition) is 3. The van der Waals surface area contributed by atoms with Crippen LogP contribution in [0.2, 0.25) is 0 Å². The Kier molecular flexibility index (Phi) is 4.91. The number of methoxy groups -OCH3 is 1. The summed E-state index contributed by atoms with van der Waals surface area (Å²) in [5.41, 5.74) is 1.32. The molecule has 2 aromatic rings. The first-order valence-corrected chi connectivity index (χ1v) is 6.99. The summed E-state index contributed by atoms with van der Waals surface area (Å²) >= 11 is 3.34. The van der Waals surface area contributed by atoms with Crippen LogP contribution in [0.3, 0.4) is 0 Å². The van der Waals surface area contributed by atoms with Gasteiger partial charge in [-0.1, -0.05) is 40.2 Å². The van der Waals surface area contributed by atoms with Crippen LogP contribution in [0.4, 0.5) is 0 Å². The molecule has 4 heteroatoms. The lowest BCUT2D eigenvalue weighted by molar-refractivity contribution is 0.103. The summed E-state index contributed by atoms with van der Waals surface area (Å²) in [5.74, 6) is 0.265. The van der Waals surface area contributed by atoms with E-state index in [0.29, 0.717) is 11.3 Å². The summed E-state index contributed by atoms with van der Waals surface area (Å²) in [6, 6.07) is 16.1. The minimum Gasteiger partial charge on any atom is -0.497 e. The average Bonchev–Trinajstić information content (AvgIpc) is 2.53. The maximum Gasteiger partial charge on any atom is 0.203 e. The predicted molar refractivity (Wildman–Crippen MR) is 85.1 cm³/mol. The monoisotopic (exact) mass is 341 g/mol. The number of carbonyl (C=O) groups is 1. The third-order valence-electron chi connectivity index (χ3n) is 2.88. The number of hydrogen-bond donors (Lipinski definition) is 0. The van der Waals surface area contributed by atoms with Gasteiger partial charge in [0.2, 0.25) is 5.78 Å². The predicted octanol–water partition coefficient (Wildman–Crippen LogP) is 4.25. The van der Waals surface area contributed by atoms with Crippen LogP contribution >= 0.6 is 15.9 Å². The summed E-state index contributed by atoms with van der Waals surface area (Å²) in [6.45, 7) is 0. The number of Topliss-reactive ketones (excluding diaryl/α,β-unsaturated/α-hetero) is 1. The van der Waals surface area contributed by atoms with Gasteiger partial charge >= 0.3 is 0 Å². The van der Waals surface area contributed by atoms with E-state index >= 15 is 0 Å². The van der Waals surface area contributed by atoms with Crippen molar-refractivity contribution < 1.29 is 9.53 Å². The lowest BCUT2D eigenvalue weighted by Gasteiger charge is -2.03. The molecular weight excluding hydrogens is 330 g/mol. The minimum atomic E-state index is -0.320. The first kappa shape index (κ1) is 15.0. The molecule has 0 bridgehead atoms. The van der Waals surface area contributed by atoms with E-state index in [1.807, 2.05) is 30.3 Å². The van der Waals surface area contributed by atoms with Crippen molar-refractivity contribution in [3.63, 3.8) is 0 Å². The molecule has 0 aromatic heterocycles. The highest BCUT2D eigenvalue weighted by atomic mass is 79.9. The van der Waals surface area contributed by atoms with E-state index in [1.54, 1.807) is 30.3 Å². The Morgan fingerprint density at radius 1 is 1.24 bits per heavy atom. The van der Waals surface area contributed by atoms with Gasteiger partial charge < -0.3 is 4.74 Å². The van der Waals surface area contributed by atoms with Crippen LogP contribution in [-0.2, 0) is 0 Å². The number of nitrogens with zero attached hydrogens (tertiary/aromatic N) is 1. The number of rotatable bonds is 4. The van der Waals surface area contributed by atoms with Crippen molar-refractivity contribution in [3.05, 3.63) is 69.7 Å². The van der Waals surface area contributed by atoms with Crippen molar-refractivity contribution in [1.29, 1.82) is 5.26 Å². The Labute approximate surface area is 131 Å². The van der Waals surface area contributed by atoms with E-state index < -0.39 is 0 Å². The van der Waals surface area contributed by atoms with E-state index in [0.717, 1.165) is 10.0 Å². The maximum atomic E-state index is 12.4. The van der Waals surface area contributed by atoms with Gasteiger partial charge in [0, 0.05) is 10.0 Å². The van der Waals surface area contributed by atoms with E-state index in [9.17, 15) is 10.1 Å². The van der Waals surface area contributed by atoms with Gasteiger partial charge in [-0.25, -0.2) is 0 Å². The first-order valence-electron chi connectivity index (χ1n) is 6.20. The third-order valence-corrected chi connectivity index (χ3v) is 3.41. The lowest BCUT2D eigenvalue weighted by Crippen LogP contribution is -2.02. The molecule has 21 heavy (non-hydrogen) atoms. The summed E-state index contributed by atoms with van der Waals surface area (Å²) in [6.07, 6.45) is 1.58. The highest BCUT2D eigenvalue weighted by molar-refractivity contribution is 9.10.